The Morgan fingerprint density at radius 1 is 1.25 bits per heavy atom. The Balaban J connectivity index is 2.30. The van der Waals surface area contributed by atoms with Crippen molar-refractivity contribution in [2.75, 3.05) is 13.6 Å². The summed E-state index contributed by atoms with van der Waals surface area (Å²) in [6, 6.07) is 12.8. The van der Waals surface area contributed by atoms with Gasteiger partial charge in [-0.1, -0.05) is 45.7 Å². The molecule has 0 aliphatic heterocycles. The zero-order valence-electron chi connectivity index (χ0n) is 11.2. The lowest BCUT2D eigenvalue weighted by molar-refractivity contribution is 0.574. The van der Waals surface area contributed by atoms with Gasteiger partial charge >= 0.3 is 0 Å². The second-order valence-electron chi connectivity index (χ2n) is 4.72. The first-order valence-electron chi connectivity index (χ1n) is 6.44. The van der Waals surface area contributed by atoms with Crippen LogP contribution in [0.5, 0.6) is 0 Å². The summed E-state index contributed by atoms with van der Waals surface area (Å²) in [6.07, 6.45) is 0.607. The Kier molecular flexibility index (Phi) is 5.58. The molecule has 2 aromatic carbocycles. The molecule has 20 heavy (non-hydrogen) atoms. The van der Waals surface area contributed by atoms with Gasteiger partial charge in [0.2, 0.25) is 0 Å². The van der Waals surface area contributed by atoms with E-state index in [9.17, 15) is 4.39 Å². The highest BCUT2D eigenvalue weighted by Gasteiger charge is 2.16. The van der Waals surface area contributed by atoms with Crippen LogP contribution >= 0.6 is 27.5 Å². The second kappa shape index (κ2) is 7.21. The minimum absolute atomic E-state index is 0.137. The van der Waals surface area contributed by atoms with Crippen LogP contribution in [0.15, 0.2) is 46.9 Å². The van der Waals surface area contributed by atoms with Gasteiger partial charge in [-0.3, -0.25) is 0 Å². The number of nitrogens with one attached hydrogen (secondary N) is 1. The van der Waals surface area contributed by atoms with Gasteiger partial charge in [-0.25, -0.2) is 4.39 Å². The fourth-order valence-electron chi connectivity index (χ4n) is 2.31. The highest BCUT2D eigenvalue weighted by atomic mass is 79.9. The van der Waals surface area contributed by atoms with Crippen molar-refractivity contribution in [1.82, 2.24) is 5.32 Å². The lowest BCUT2D eigenvalue weighted by atomic mass is 9.91. The molecule has 1 nitrogen and oxygen atoms in total. The van der Waals surface area contributed by atoms with Gasteiger partial charge in [0.1, 0.15) is 5.82 Å². The van der Waals surface area contributed by atoms with Crippen LogP contribution < -0.4 is 5.32 Å². The molecule has 1 unspecified atom stereocenters. The van der Waals surface area contributed by atoms with Gasteiger partial charge in [-0.15, -0.1) is 0 Å². The Hall–Kier alpha value is -0.900. The van der Waals surface area contributed by atoms with E-state index in [1.54, 1.807) is 6.07 Å². The Bertz CT molecular complexity index is 588. The van der Waals surface area contributed by atoms with E-state index in [1.165, 1.54) is 6.07 Å². The van der Waals surface area contributed by atoms with Crippen molar-refractivity contribution in [3.63, 3.8) is 0 Å². The van der Waals surface area contributed by atoms with Crippen molar-refractivity contribution in [3.8, 4) is 0 Å². The van der Waals surface area contributed by atoms with Crippen LogP contribution in [-0.2, 0) is 6.42 Å². The summed E-state index contributed by atoms with van der Waals surface area (Å²) in [6.45, 7) is 0.746. The minimum atomic E-state index is -0.179. The molecule has 0 aliphatic carbocycles. The molecule has 0 aliphatic rings. The molecule has 2 rings (SSSR count). The maximum atomic E-state index is 13.9. The van der Waals surface area contributed by atoms with E-state index < -0.39 is 0 Å². The van der Waals surface area contributed by atoms with Crippen molar-refractivity contribution >= 4 is 27.5 Å². The van der Waals surface area contributed by atoms with Crippen LogP contribution in [0.1, 0.15) is 17.0 Å². The number of hydrogen-bond donors (Lipinski definition) is 1. The second-order valence-corrected chi connectivity index (χ2v) is 6.04. The van der Waals surface area contributed by atoms with E-state index in [2.05, 4.69) is 21.2 Å². The van der Waals surface area contributed by atoms with Crippen molar-refractivity contribution < 1.29 is 4.39 Å². The van der Waals surface area contributed by atoms with E-state index in [0.29, 0.717) is 12.0 Å². The first kappa shape index (κ1) is 15.5. The highest BCUT2D eigenvalue weighted by Crippen LogP contribution is 2.28. The monoisotopic (exact) mass is 355 g/mol. The number of benzene rings is 2. The molecule has 0 radical (unpaired) electrons. The van der Waals surface area contributed by atoms with Crippen LogP contribution in [0.3, 0.4) is 0 Å². The normalized spacial score (nSPS) is 12.4. The molecule has 0 bridgehead atoms. The van der Waals surface area contributed by atoms with Gasteiger partial charge in [0.25, 0.3) is 0 Å². The molecule has 1 atom stereocenters. The molecule has 1 N–H and O–H groups in total. The smallest absolute Gasteiger partial charge is 0.126 e. The number of halogens is 3. The third-order valence-corrected chi connectivity index (χ3v) is 4.11. The third kappa shape index (κ3) is 3.81. The lowest BCUT2D eigenvalue weighted by Gasteiger charge is -2.19. The molecule has 4 heteroatoms. The number of hydrogen-bond acceptors (Lipinski definition) is 1. The van der Waals surface area contributed by atoms with E-state index in [-0.39, 0.29) is 11.7 Å². The van der Waals surface area contributed by atoms with Crippen molar-refractivity contribution in [3.05, 3.63) is 68.9 Å². The molecule has 0 saturated heterocycles. The van der Waals surface area contributed by atoms with Crippen molar-refractivity contribution in [1.29, 1.82) is 0 Å². The molecule has 0 fully saturated rings. The average molecular weight is 357 g/mol. The number of rotatable bonds is 5. The van der Waals surface area contributed by atoms with Crippen LogP contribution in [0.2, 0.25) is 5.02 Å². The van der Waals surface area contributed by atoms with E-state index in [4.69, 9.17) is 11.6 Å². The lowest BCUT2D eigenvalue weighted by Crippen LogP contribution is -2.20. The molecule has 0 heterocycles. The summed E-state index contributed by atoms with van der Waals surface area (Å²) in [5, 5.41) is 3.88. The molecular weight excluding hydrogens is 341 g/mol. The molecule has 0 saturated carbocycles. The van der Waals surface area contributed by atoms with Gasteiger partial charge < -0.3 is 5.32 Å². The maximum Gasteiger partial charge on any atom is 0.126 e. The Morgan fingerprint density at radius 3 is 2.70 bits per heavy atom. The fraction of sp³-hybridized carbons (Fsp3) is 0.250. The fourth-order valence-corrected chi connectivity index (χ4v) is 3.01. The summed E-state index contributed by atoms with van der Waals surface area (Å²) in [7, 11) is 1.89. The molecular formula is C16H16BrClFN. The molecule has 0 aromatic heterocycles. The van der Waals surface area contributed by atoms with Crippen LogP contribution in [0.25, 0.3) is 0 Å². The zero-order chi connectivity index (χ0) is 14.5. The Labute approximate surface area is 132 Å². The Morgan fingerprint density at radius 2 is 2.00 bits per heavy atom. The summed E-state index contributed by atoms with van der Waals surface area (Å²) >= 11 is 9.65. The number of likely N-dealkylation sites (N-methyl/N-ethyl adjacent to an activating group) is 1. The van der Waals surface area contributed by atoms with E-state index in [1.807, 2.05) is 37.4 Å². The van der Waals surface area contributed by atoms with Gasteiger partial charge in [0, 0.05) is 22.0 Å². The SMILES string of the molecule is CNCC(Cc1cc(Br)ccc1F)c1ccccc1Cl. The van der Waals surface area contributed by atoms with Gasteiger partial charge in [0.15, 0.2) is 0 Å². The first-order chi connectivity index (χ1) is 9.61. The summed E-state index contributed by atoms with van der Waals surface area (Å²) in [5.74, 6) is -0.0427. The van der Waals surface area contributed by atoms with Crippen LogP contribution in [0, 0.1) is 5.82 Å². The molecule has 2 aromatic rings. The van der Waals surface area contributed by atoms with E-state index in [0.717, 1.165) is 21.6 Å². The summed E-state index contributed by atoms with van der Waals surface area (Å²) in [4.78, 5) is 0. The van der Waals surface area contributed by atoms with Gasteiger partial charge in [-0.05, 0) is 48.9 Å². The molecule has 106 valence electrons. The highest BCUT2D eigenvalue weighted by molar-refractivity contribution is 9.10. The first-order valence-corrected chi connectivity index (χ1v) is 7.62. The van der Waals surface area contributed by atoms with Gasteiger partial charge in [0.05, 0.1) is 0 Å². The van der Waals surface area contributed by atoms with E-state index >= 15 is 0 Å². The maximum absolute atomic E-state index is 13.9. The van der Waals surface area contributed by atoms with Crippen molar-refractivity contribution in [2.24, 2.45) is 0 Å². The van der Waals surface area contributed by atoms with Gasteiger partial charge in [-0.2, -0.15) is 0 Å². The van der Waals surface area contributed by atoms with Crippen molar-refractivity contribution in [2.45, 2.75) is 12.3 Å². The third-order valence-electron chi connectivity index (χ3n) is 3.27. The largest absolute Gasteiger partial charge is 0.319 e. The molecule has 0 amide bonds. The minimum Gasteiger partial charge on any atom is -0.319 e. The predicted molar refractivity (Wildman–Crippen MR) is 85.9 cm³/mol. The topological polar surface area (TPSA) is 12.0 Å². The summed E-state index contributed by atoms with van der Waals surface area (Å²) in [5.41, 5.74) is 1.74. The standard InChI is InChI=1S/C16H16BrClFN/c1-20-10-12(14-4-2-3-5-15(14)18)8-11-9-13(17)6-7-16(11)19/h2-7,9,12,20H,8,10H2,1H3. The predicted octanol–water partition coefficient (Wildman–Crippen LogP) is 4.79. The molecule has 0 spiro atoms. The summed E-state index contributed by atoms with van der Waals surface area (Å²) < 4.78 is 14.8. The quantitative estimate of drug-likeness (QED) is 0.812. The van der Waals surface area contributed by atoms with Crippen LogP contribution in [-0.4, -0.2) is 13.6 Å². The average Bonchev–Trinajstić information content (AvgIpc) is 2.43. The zero-order valence-corrected chi connectivity index (χ0v) is 13.5. The van der Waals surface area contributed by atoms with Crippen LogP contribution in [0.4, 0.5) is 4.39 Å².